The highest BCUT2D eigenvalue weighted by molar-refractivity contribution is 6.05. The van der Waals surface area contributed by atoms with E-state index in [1.807, 2.05) is 30.3 Å². The maximum Gasteiger partial charge on any atom is 0.255 e. The van der Waals surface area contributed by atoms with Gasteiger partial charge in [0.25, 0.3) is 5.91 Å². The van der Waals surface area contributed by atoms with Crippen LogP contribution >= 0.6 is 24.8 Å². The SMILES string of the molecule is CN1CCN(Cc2cccc(C(=O)Nc3ccccc3N)c2)CC1.Cl.Cl. The highest BCUT2D eigenvalue weighted by Gasteiger charge is 2.15. The monoisotopic (exact) mass is 396 g/mol. The van der Waals surface area contributed by atoms with E-state index in [1.165, 1.54) is 0 Å². The molecule has 1 amide bonds. The van der Waals surface area contributed by atoms with Crippen LogP contribution in [0.3, 0.4) is 0 Å². The zero-order chi connectivity index (χ0) is 16.9. The van der Waals surface area contributed by atoms with Gasteiger partial charge in [-0.15, -0.1) is 24.8 Å². The van der Waals surface area contributed by atoms with Crippen LogP contribution in [0.25, 0.3) is 0 Å². The van der Waals surface area contributed by atoms with Crippen LogP contribution in [0, 0.1) is 0 Å². The Labute approximate surface area is 167 Å². The Balaban J connectivity index is 0.00000169. The van der Waals surface area contributed by atoms with Gasteiger partial charge in [0, 0.05) is 38.3 Å². The van der Waals surface area contributed by atoms with Gasteiger partial charge >= 0.3 is 0 Å². The van der Waals surface area contributed by atoms with Crippen molar-refractivity contribution in [2.24, 2.45) is 0 Å². The number of hydrogen-bond donors (Lipinski definition) is 2. The van der Waals surface area contributed by atoms with Gasteiger partial charge in [-0.3, -0.25) is 9.69 Å². The molecule has 26 heavy (non-hydrogen) atoms. The predicted molar refractivity (Wildman–Crippen MR) is 113 cm³/mol. The third kappa shape index (κ3) is 5.88. The van der Waals surface area contributed by atoms with Crippen molar-refractivity contribution in [2.45, 2.75) is 6.54 Å². The van der Waals surface area contributed by atoms with Crippen LogP contribution in [0.1, 0.15) is 15.9 Å². The lowest BCUT2D eigenvalue weighted by molar-refractivity contribution is 0.102. The number of amides is 1. The highest BCUT2D eigenvalue weighted by Crippen LogP contribution is 2.18. The zero-order valence-corrected chi connectivity index (χ0v) is 16.5. The van der Waals surface area contributed by atoms with Gasteiger partial charge in [-0.1, -0.05) is 24.3 Å². The van der Waals surface area contributed by atoms with Gasteiger partial charge < -0.3 is 16.0 Å². The predicted octanol–water partition coefficient (Wildman–Crippen LogP) is 3.11. The molecule has 3 rings (SSSR count). The van der Waals surface area contributed by atoms with Gasteiger partial charge in [0.05, 0.1) is 11.4 Å². The van der Waals surface area contributed by atoms with E-state index in [0.29, 0.717) is 16.9 Å². The van der Waals surface area contributed by atoms with Crippen LogP contribution in [-0.4, -0.2) is 48.9 Å². The maximum absolute atomic E-state index is 12.5. The molecule has 0 aliphatic carbocycles. The minimum atomic E-state index is -0.131. The van der Waals surface area contributed by atoms with Crippen molar-refractivity contribution in [2.75, 3.05) is 44.3 Å². The van der Waals surface area contributed by atoms with E-state index in [1.54, 1.807) is 12.1 Å². The largest absolute Gasteiger partial charge is 0.397 e. The quantitative estimate of drug-likeness (QED) is 0.779. The fourth-order valence-electron chi connectivity index (χ4n) is 2.88. The standard InChI is InChI=1S/C19H24N4O.2ClH/c1-22-9-11-23(12-10-22)14-15-5-4-6-16(13-15)19(24)21-18-8-3-2-7-17(18)20;;/h2-8,13H,9-12,14,20H2,1H3,(H,21,24);2*1H. The van der Waals surface area contributed by atoms with E-state index in [0.717, 1.165) is 38.3 Å². The van der Waals surface area contributed by atoms with Crippen molar-refractivity contribution >= 4 is 42.1 Å². The smallest absolute Gasteiger partial charge is 0.255 e. The summed E-state index contributed by atoms with van der Waals surface area (Å²) in [6.07, 6.45) is 0. The van der Waals surface area contributed by atoms with Gasteiger partial charge in [0.1, 0.15) is 0 Å². The van der Waals surface area contributed by atoms with Gasteiger partial charge in [-0.2, -0.15) is 0 Å². The Hall–Kier alpha value is -1.79. The number of likely N-dealkylation sites (N-methyl/N-ethyl adjacent to an activating group) is 1. The second kappa shape index (κ2) is 10.4. The molecule has 0 unspecified atom stereocenters. The van der Waals surface area contributed by atoms with Gasteiger partial charge in [-0.05, 0) is 36.9 Å². The van der Waals surface area contributed by atoms with Crippen LogP contribution in [0.4, 0.5) is 11.4 Å². The summed E-state index contributed by atoms with van der Waals surface area (Å²) in [6, 6.07) is 15.1. The summed E-state index contributed by atoms with van der Waals surface area (Å²) < 4.78 is 0. The topological polar surface area (TPSA) is 61.6 Å². The summed E-state index contributed by atoms with van der Waals surface area (Å²) in [5.74, 6) is -0.131. The molecule has 1 heterocycles. The van der Waals surface area contributed by atoms with Gasteiger partial charge in [-0.25, -0.2) is 0 Å². The van der Waals surface area contributed by atoms with Crippen molar-refractivity contribution in [1.82, 2.24) is 9.80 Å². The Morgan fingerprint density at radius 3 is 2.42 bits per heavy atom. The van der Waals surface area contributed by atoms with Crippen LogP contribution < -0.4 is 11.1 Å². The Morgan fingerprint density at radius 2 is 1.73 bits per heavy atom. The van der Waals surface area contributed by atoms with Crippen LogP contribution in [0.15, 0.2) is 48.5 Å². The molecular weight excluding hydrogens is 371 g/mol. The molecule has 5 nitrogen and oxygen atoms in total. The zero-order valence-electron chi connectivity index (χ0n) is 14.9. The lowest BCUT2D eigenvalue weighted by Gasteiger charge is -2.32. The summed E-state index contributed by atoms with van der Waals surface area (Å²) >= 11 is 0. The van der Waals surface area contributed by atoms with E-state index in [-0.39, 0.29) is 30.7 Å². The number of nitrogens with one attached hydrogen (secondary N) is 1. The van der Waals surface area contributed by atoms with Crippen molar-refractivity contribution in [3.05, 3.63) is 59.7 Å². The third-order valence-electron chi connectivity index (χ3n) is 4.40. The molecule has 0 radical (unpaired) electrons. The lowest BCUT2D eigenvalue weighted by Crippen LogP contribution is -2.43. The van der Waals surface area contributed by atoms with E-state index in [9.17, 15) is 4.79 Å². The van der Waals surface area contributed by atoms with Crippen molar-refractivity contribution in [1.29, 1.82) is 0 Å². The number of hydrogen-bond acceptors (Lipinski definition) is 4. The number of benzene rings is 2. The molecular formula is C19H26Cl2N4O. The molecule has 0 saturated carbocycles. The number of anilines is 2. The minimum absolute atomic E-state index is 0. The summed E-state index contributed by atoms with van der Waals surface area (Å²) in [7, 11) is 2.15. The number of nitrogens with two attached hydrogens (primary N) is 1. The summed E-state index contributed by atoms with van der Waals surface area (Å²) in [4.78, 5) is 17.2. The van der Waals surface area contributed by atoms with Crippen molar-refractivity contribution < 1.29 is 4.79 Å². The molecule has 1 aliphatic heterocycles. The van der Waals surface area contributed by atoms with E-state index in [2.05, 4.69) is 28.2 Å². The second-order valence-corrected chi connectivity index (χ2v) is 6.32. The molecule has 2 aromatic rings. The van der Waals surface area contributed by atoms with Gasteiger partial charge in [0.15, 0.2) is 0 Å². The Morgan fingerprint density at radius 1 is 1.04 bits per heavy atom. The molecule has 3 N–H and O–H groups in total. The summed E-state index contributed by atoms with van der Waals surface area (Å²) in [5, 5.41) is 2.88. The van der Waals surface area contributed by atoms with Crippen LogP contribution in [-0.2, 0) is 6.54 Å². The third-order valence-corrected chi connectivity index (χ3v) is 4.40. The molecule has 7 heteroatoms. The molecule has 0 atom stereocenters. The number of halogens is 2. The van der Waals surface area contributed by atoms with E-state index in [4.69, 9.17) is 5.73 Å². The number of piperazine rings is 1. The molecule has 1 aliphatic rings. The van der Waals surface area contributed by atoms with E-state index < -0.39 is 0 Å². The number of nitrogens with zero attached hydrogens (tertiary/aromatic N) is 2. The summed E-state index contributed by atoms with van der Waals surface area (Å²) in [6.45, 7) is 5.18. The highest BCUT2D eigenvalue weighted by atomic mass is 35.5. The fraction of sp³-hybridized carbons (Fsp3) is 0.316. The van der Waals surface area contributed by atoms with Crippen molar-refractivity contribution in [3.8, 4) is 0 Å². The fourth-order valence-corrected chi connectivity index (χ4v) is 2.88. The first kappa shape index (κ1) is 22.3. The number of para-hydroxylation sites is 2. The minimum Gasteiger partial charge on any atom is -0.397 e. The Kier molecular flexibility index (Phi) is 8.88. The average molecular weight is 397 g/mol. The first-order chi connectivity index (χ1) is 11.6. The molecule has 1 saturated heterocycles. The average Bonchev–Trinajstić information content (AvgIpc) is 2.59. The van der Waals surface area contributed by atoms with Gasteiger partial charge in [0.2, 0.25) is 0 Å². The molecule has 2 aromatic carbocycles. The molecule has 142 valence electrons. The Bertz CT molecular complexity index is 718. The number of carbonyl (C=O) groups is 1. The maximum atomic E-state index is 12.5. The molecule has 0 bridgehead atoms. The second-order valence-electron chi connectivity index (χ2n) is 6.32. The van der Waals surface area contributed by atoms with Crippen LogP contribution in [0.5, 0.6) is 0 Å². The normalized spacial score (nSPS) is 14.8. The number of carbonyl (C=O) groups excluding carboxylic acids is 1. The lowest BCUT2D eigenvalue weighted by atomic mass is 10.1. The van der Waals surface area contributed by atoms with Crippen LogP contribution in [0.2, 0.25) is 0 Å². The molecule has 1 fully saturated rings. The summed E-state index contributed by atoms with van der Waals surface area (Å²) in [5.41, 5.74) is 8.92. The van der Waals surface area contributed by atoms with E-state index >= 15 is 0 Å². The number of nitrogen functional groups attached to an aromatic ring is 1. The number of rotatable bonds is 4. The molecule has 0 spiro atoms. The molecule has 0 aromatic heterocycles. The first-order valence-corrected chi connectivity index (χ1v) is 8.27. The first-order valence-electron chi connectivity index (χ1n) is 8.27. The van der Waals surface area contributed by atoms with Crippen molar-refractivity contribution in [3.63, 3.8) is 0 Å².